The summed E-state index contributed by atoms with van der Waals surface area (Å²) in [5.41, 5.74) is 3.14. The van der Waals surface area contributed by atoms with Gasteiger partial charge in [0.1, 0.15) is 6.54 Å². The number of hydrazone groups is 1. The summed E-state index contributed by atoms with van der Waals surface area (Å²) in [6, 6.07) is 9.35. The van der Waals surface area contributed by atoms with Crippen molar-refractivity contribution < 1.29 is 22.7 Å². The smallest absolute Gasteiger partial charge is 0.260 e. The maximum atomic E-state index is 12.2. The first kappa shape index (κ1) is 22.8. The van der Waals surface area contributed by atoms with Crippen LogP contribution in [0.1, 0.15) is 5.56 Å². The first-order valence-corrected chi connectivity index (χ1v) is 10.7. The lowest BCUT2D eigenvalue weighted by molar-refractivity contribution is -0.119. The third-order valence-corrected chi connectivity index (χ3v) is 5.57. The molecule has 0 radical (unpaired) electrons. The Morgan fingerprint density at radius 2 is 1.79 bits per heavy atom. The molecule has 0 aliphatic heterocycles. The number of hydrogen-bond acceptors (Lipinski definition) is 6. The van der Waals surface area contributed by atoms with Crippen LogP contribution >= 0.6 is 23.2 Å². The molecule has 29 heavy (non-hydrogen) atoms. The van der Waals surface area contributed by atoms with Crippen LogP contribution in [0.15, 0.2) is 41.5 Å². The average Bonchev–Trinajstić information content (AvgIpc) is 2.67. The van der Waals surface area contributed by atoms with E-state index in [-0.39, 0.29) is 5.69 Å². The van der Waals surface area contributed by atoms with Gasteiger partial charge in [-0.2, -0.15) is 5.10 Å². The van der Waals surface area contributed by atoms with Crippen molar-refractivity contribution in [2.24, 2.45) is 5.10 Å². The monoisotopic (exact) mass is 459 g/mol. The van der Waals surface area contributed by atoms with E-state index in [4.69, 9.17) is 32.7 Å². The number of nitrogens with one attached hydrogen (secondary N) is 1. The highest BCUT2D eigenvalue weighted by Crippen LogP contribution is 2.32. The topological polar surface area (TPSA) is 97.3 Å². The van der Waals surface area contributed by atoms with E-state index < -0.39 is 22.5 Å². The predicted octanol–water partition coefficient (Wildman–Crippen LogP) is 2.93. The molecule has 0 aliphatic carbocycles. The SMILES string of the molecule is COc1ccc(N(CC(=O)N/N=C\c2ccc(Cl)c(Cl)c2)S(C)(=O)=O)cc1OC. The second kappa shape index (κ2) is 9.82. The van der Waals surface area contributed by atoms with Crippen molar-refractivity contribution in [1.29, 1.82) is 0 Å². The maximum absolute atomic E-state index is 12.2. The number of anilines is 1. The number of sulfonamides is 1. The van der Waals surface area contributed by atoms with Gasteiger partial charge in [-0.3, -0.25) is 9.10 Å². The molecular formula is C18H19Cl2N3O5S. The number of carbonyl (C=O) groups is 1. The molecule has 0 aliphatic rings. The number of hydrogen-bond donors (Lipinski definition) is 1. The molecule has 0 unspecified atom stereocenters. The first-order valence-electron chi connectivity index (χ1n) is 8.12. The number of benzene rings is 2. The van der Waals surface area contributed by atoms with E-state index in [0.717, 1.165) is 10.6 Å². The van der Waals surface area contributed by atoms with Gasteiger partial charge in [0.15, 0.2) is 11.5 Å². The van der Waals surface area contributed by atoms with Crippen molar-refractivity contribution in [3.63, 3.8) is 0 Å². The Morgan fingerprint density at radius 1 is 1.10 bits per heavy atom. The summed E-state index contributed by atoms with van der Waals surface area (Å²) in [6.45, 7) is -0.479. The second-order valence-corrected chi connectivity index (χ2v) is 8.50. The lowest BCUT2D eigenvalue weighted by Gasteiger charge is -2.22. The highest BCUT2D eigenvalue weighted by molar-refractivity contribution is 7.92. The van der Waals surface area contributed by atoms with Crippen LogP contribution in [0.25, 0.3) is 0 Å². The van der Waals surface area contributed by atoms with Gasteiger partial charge in [0, 0.05) is 6.07 Å². The van der Waals surface area contributed by atoms with Gasteiger partial charge < -0.3 is 9.47 Å². The molecule has 0 atom stereocenters. The number of nitrogens with zero attached hydrogens (tertiary/aromatic N) is 2. The number of halogens is 2. The Labute approximate surface area is 179 Å². The summed E-state index contributed by atoms with van der Waals surface area (Å²) >= 11 is 11.8. The van der Waals surface area contributed by atoms with Crippen LogP contribution in [-0.2, 0) is 14.8 Å². The third kappa shape index (κ3) is 6.25. The van der Waals surface area contributed by atoms with Crippen molar-refractivity contribution in [2.45, 2.75) is 0 Å². The third-order valence-electron chi connectivity index (χ3n) is 3.69. The van der Waals surface area contributed by atoms with Crippen molar-refractivity contribution in [2.75, 3.05) is 31.3 Å². The molecule has 0 fully saturated rings. The number of amides is 1. The van der Waals surface area contributed by atoms with Crippen LogP contribution in [0.5, 0.6) is 11.5 Å². The van der Waals surface area contributed by atoms with Crippen LogP contribution < -0.4 is 19.2 Å². The molecule has 1 amide bonds. The van der Waals surface area contributed by atoms with Gasteiger partial charge in [-0.25, -0.2) is 13.8 Å². The maximum Gasteiger partial charge on any atom is 0.260 e. The Hall–Kier alpha value is -2.49. The van der Waals surface area contributed by atoms with Gasteiger partial charge in [0.2, 0.25) is 10.0 Å². The Balaban J connectivity index is 2.15. The predicted molar refractivity (Wildman–Crippen MR) is 114 cm³/mol. The molecule has 2 aromatic rings. The van der Waals surface area contributed by atoms with Gasteiger partial charge in [-0.1, -0.05) is 29.3 Å². The molecule has 2 rings (SSSR count). The van der Waals surface area contributed by atoms with E-state index >= 15 is 0 Å². The highest BCUT2D eigenvalue weighted by Gasteiger charge is 2.22. The fourth-order valence-electron chi connectivity index (χ4n) is 2.32. The number of carbonyl (C=O) groups excluding carboxylic acids is 1. The lowest BCUT2D eigenvalue weighted by Crippen LogP contribution is -2.39. The zero-order chi connectivity index (χ0) is 21.6. The van der Waals surface area contributed by atoms with Gasteiger partial charge in [0.25, 0.3) is 5.91 Å². The van der Waals surface area contributed by atoms with Crippen molar-refractivity contribution in [3.8, 4) is 11.5 Å². The quantitative estimate of drug-likeness (QED) is 0.483. The molecule has 0 saturated carbocycles. The highest BCUT2D eigenvalue weighted by atomic mass is 35.5. The fraction of sp³-hybridized carbons (Fsp3) is 0.222. The average molecular weight is 460 g/mol. The largest absolute Gasteiger partial charge is 0.493 e. The molecule has 11 heteroatoms. The van der Waals surface area contributed by atoms with E-state index in [9.17, 15) is 13.2 Å². The van der Waals surface area contributed by atoms with Gasteiger partial charge >= 0.3 is 0 Å². The molecule has 156 valence electrons. The molecule has 0 bridgehead atoms. The van der Waals surface area contributed by atoms with Crippen LogP contribution in [0.3, 0.4) is 0 Å². The second-order valence-electron chi connectivity index (χ2n) is 5.78. The summed E-state index contributed by atoms with van der Waals surface area (Å²) in [5.74, 6) is 0.124. The minimum atomic E-state index is -3.75. The van der Waals surface area contributed by atoms with Gasteiger partial charge in [-0.05, 0) is 29.8 Å². The Bertz CT molecular complexity index is 1030. The summed E-state index contributed by atoms with van der Waals surface area (Å²) in [5, 5.41) is 4.55. The molecule has 0 saturated heterocycles. The fourth-order valence-corrected chi connectivity index (χ4v) is 3.47. The summed E-state index contributed by atoms with van der Waals surface area (Å²) in [7, 11) is -0.862. The van der Waals surface area contributed by atoms with Crippen LogP contribution in [0.4, 0.5) is 5.69 Å². The lowest BCUT2D eigenvalue weighted by atomic mass is 10.2. The van der Waals surface area contributed by atoms with E-state index in [1.165, 1.54) is 32.6 Å². The molecule has 0 spiro atoms. The molecule has 0 aromatic heterocycles. The minimum absolute atomic E-state index is 0.244. The van der Waals surface area contributed by atoms with Crippen LogP contribution in [-0.4, -0.2) is 47.6 Å². The van der Waals surface area contributed by atoms with Crippen LogP contribution in [0.2, 0.25) is 10.0 Å². The van der Waals surface area contributed by atoms with E-state index in [1.54, 1.807) is 24.3 Å². The standard InChI is InChI=1S/C18H19Cl2N3O5S/c1-27-16-7-5-13(9-17(16)28-2)23(29(3,25)26)11-18(24)22-21-10-12-4-6-14(19)15(20)8-12/h4-10H,11H2,1-3H3,(H,22,24)/b21-10-. The van der Waals surface area contributed by atoms with E-state index in [2.05, 4.69) is 10.5 Å². The summed E-state index contributed by atoms with van der Waals surface area (Å²) < 4.78 is 35.6. The minimum Gasteiger partial charge on any atom is -0.493 e. The first-order chi connectivity index (χ1) is 13.7. The Kier molecular flexibility index (Phi) is 7.72. The van der Waals surface area contributed by atoms with Gasteiger partial charge in [-0.15, -0.1) is 0 Å². The molecule has 2 aromatic carbocycles. The molecule has 8 nitrogen and oxygen atoms in total. The molecule has 0 heterocycles. The summed E-state index contributed by atoms with van der Waals surface area (Å²) in [6.07, 6.45) is 2.36. The normalized spacial score (nSPS) is 11.3. The van der Waals surface area contributed by atoms with Crippen molar-refractivity contribution >= 4 is 51.0 Å². The number of methoxy groups -OCH3 is 2. The van der Waals surface area contributed by atoms with Crippen molar-refractivity contribution in [1.82, 2.24) is 5.43 Å². The van der Waals surface area contributed by atoms with E-state index in [0.29, 0.717) is 27.1 Å². The van der Waals surface area contributed by atoms with Crippen LogP contribution in [0, 0.1) is 0 Å². The molecule has 1 N–H and O–H groups in total. The Morgan fingerprint density at radius 3 is 2.38 bits per heavy atom. The van der Waals surface area contributed by atoms with Gasteiger partial charge in [0.05, 0.1) is 42.4 Å². The zero-order valence-electron chi connectivity index (χ0n) is 15.8. The van der Waals surface area contributed by atoms with Crippen molar-refractivity contribution in [3.05, 3.63) is 52.0 Å². The zero-order valence-corrected chi connectivity index (χ0v) is 18.2. The van der Waals surface area contributed by atoms with E-state index in [1.807, 2.05) is 0 Å². The number of ether oxygens (including phenoxy) is 2. The number of rotatable bonds is 8. The molecular weight excluding hydrogens is 441 g/mol. The summed E-state index contributed by atoms with van der Waals surface area (Å²) in [4.78, 5) is 12.2.